The summed E-state index contributed by atoms with van der Waals surface area (Å²) in [5, 5.41) is 3.83. The zero-order chi connectivity index (χ0) is 15.5. The number of rotatable bonds is 4. The van der Waals surface area contributed by atoms with Crippen LogP contribution in [0.5, 0.6) is 5.75 Å². The summed E-state index contributed by atoms with van der Waals surface area (Å²) in [5.41, 5.74) is 1.92. The van der Waals surface area contributed by atoms with Crippen LogP contribution in [-0.2, 0) is 11.2 Å². The summed E-state index contributed by atoms with van der Waals surface area (Å²) < 4.78 is 10.4. The number of amides is 1. The number of benzene rings is 1. The summed E-state index contributed by atoms with van der Waals surface area (Å²) in [4.78, 5) is 14.5. The first kappa shape index (κ1) is 14.6. The van der Waals surface area contributed by atoms with Gasteiger partial charge in [-0.15, -0.1) is 0 Å². The number of likely N-dealkylation sites (tertiary alicyclic amines) is 1. The molecule has 116 valence electrons. The molecule has 5 heteroatoms. The number of hydrogen-bond acceptors (Lipinski definition) is 4. The topological polar surface area (TPSA) is 55.6 Å². The van der Waals surface area contributed by atoms with E-state index in [0.29, 0.717) is 5.76 Å². The Balaban J connectivity index is 1.75. The molecule has 1 saturated heterocycles. The summed E-state index contributed by atoms with van der Waals surface area (Å²) in [6.07, 6.45) is 2.26. The minimum absolute atomic E-state index is 0.0847. The summed E-state index contributed by atoms with van der Waals surface area (Å²) >= 11 is 0. The van der Waals surface area contributed by atoms with Crippen LogP contribution in [0.2, 0.25) is 0 Å². The van der Waals surface area contributed by atoms with Gasteiger partial charge in [0.2, 0.25) is 5.91 Å². The van der Waals surface area contributed by atoms with Crippen LogP contribution in [0.25, 0.3) is 0 Å². The van der Waals surface area contributed by atoms with E-state index in [1.165, 1.54) is 0 Å². The van der Waals surface area contributed by atoms with Crippen molar-refractivity contribution in [2.75, 3.05) is 13.7 Å². The standard InChI is InChI=1S/C17H20N2O3/c1-12-9-15(22-18-12)11-17(20)19-8-4-7-16(19)13-5-3-6-14(10-13)21-2/h3,5-6,9-10,16H,4,7-8,11H2,1-2H3. The lowest BCUT2D eigenvalue weighted by molar-refractivity contribution is -0.131. The van der Waals surface area contributed by atoms with Crippen LogP contribution in [0.3, 0.4) is 0 Å². The number of ether oxygens (including phenoxy) is 1. The molecular formula is C17H20N2O3. The number of aromatic nitrogens is 1. The maximum Gasteiger partial charge on any atom is 0.230 e. The van der Waals surface area contributed by atoms with Crippen LogP contribution < -0.4 is 4.74 Å². The second-order valence-corrected chi connectivity index (χ2v) is 5.63. The predicted octanol–water partition coefficient (Wildman–Crippen LogP) is 2.90. The van der Waals surface area contributed by atoms with E-state index in [1.54, 1.807) is 7.11 Å². The van der Waals surface area contributed by atoms with Crippen molar-refractivity contribution in [3.8, 4) is 5.75 Å². The monoisotopic (exact) mass is 300 g/mol. The van der Waals surface area contributed by atoms with Gasteiger partial charge in [-0.05, 0) is 37.5 Å². The normalized spacial score (nSPS) is 17.7. The highest BCUT2D eigenvalue weighted by Crippen LogP contribution is 2.33. The molecule has 22 heavy (non-hydrogen) atoms. The third-order valence-electron chi connectivity index (χ3n) is 4.05. The third-order valence-corrected chi connectivity index (χ3v) is 4.05. The van der Waals surface area contributed by atoms with Gasteiger partial charge < -0.3 is 14.2 Å². The number of nitrogens with zero attached hydrogens (tertiary/aromatic N) is 2. The smallest absolute Gasteiger partial charge is 0.230 e. The molecule has 0 saturated carbocycles. The Labute approximate surface area is 129 Å². The maximum atomic E-state index is 12.6. The van der Waals surface area contributed by atoms with Gasteiger partial charge in [-0.3, -0.25) is 4.79 Å². The molecule has 2 aromatic rings. The average molecular weight is 300 g/mol. The molecule has 3 rings (SSSR count). The van der Waals surface area contributed by atoms with Gasteiger partial charge in [0.05, 0.1) is 25.3 Å². The molecule has 1 aliphatic rings. The molecule has 1 atom stereocenters. The summed E-state index contributed by atoms with van der Waals surface area (Å²) in [6.45, 7) is 2.64. The van der Waals surface area contributed by atoms with Gasteiger partial charge in [-0.1, -0.05) is 17.3 Å². The summed E-state index contributed by atoms with van der Waals surface area (Å²) in [5.74, 6) is 1.53. The highest BCUT2D eigenvalue weighted by Gasteiger charge is 2.30. The second kappa shape index (κ2) is 6.22. The molecular weight excluding hydrogens is 280 g/mol. The lowest BCUT2D eigenvalue weighted by Gasteiger charge is -2.25. The first-order chi connectivity index (χ1) is 10.7. The molecule has 0 aliphatic carbocycles. The van der Waals surface area contributed by atoms with Crippen LogP contribution in [0.1, 0.15) is 35.9 Å². The van der Waals surface area contributed by atoms with E-state index >= 15 is 0 Å². The van der Waals surface area contributed by atoms with Gasteiger partial charge in [0.15, 0.2) is 0 Å². The van der Waals surface area contributed by atoms with Gasteiger partial charge in [-0.25, -0.2) is 0 Å². The Hall–Kier alpha value is -2.30. The van der Waals surface area contributed by atoms with Gasteiger partial charge >= 0.3 is 0 Å². The van der Waals surface area contributed by atoms with Crippen molar-refractivity contribution in [1.82, 2.24) is 10.1 Å². The highest BCUT2D eigenvalue weighted by molar-refractivity contribution is 5.79. The molecule has 5 nitrogen and oxygen atoms in total. The Morgan fingerprint density at radius 2 is 2.32 bits per heavy atom. The van der Waals surface area contributed by atoms with Crippen molar-refractivity contribution in [3.05, 3.63) is 47.3 Å². The fraction of sp³-hybridized carbons (Fsp3) is 0.412. The zero-order valence-electron chi connectivity index (χ0n) is 12.9. The maximum absolute atomic E-state index is 12.6. The molecule has 0 spiro atoms. The van der Waals surface area contributed by atoms with E-state index in [2.05, 4.69) is 11.2 Å². The van der Waals surface area contributed by atoms with Crippen LogP contribution in [-0.4, -0.2) is 29.6 Å². The van der Waals surface area contributed by atoms with Crippen molar-refractivity contribution in [2.24, 2.45) is 0 Å². The summed E-state index contributed by atoms with van der Waals surface area (Å²) in [7, 11) is 1.66. The lowest BCUT2D eigenvalue weighted by Crippen LogP contribution is -2.31. The van der Waals surface area contributed by atoms with Crippen LogP contribution >= 0.6 is 0 Å². The van der Waals surface area contributed by atoms with E-state index in [0.717, 1.165) is 36.4 Å². The largest absolute Gasteiger partial charge is 0.497 e. The van der Waals surface area contributed by atoms with Gasteiger partial charge in [0, 0.05) is 12.6 Å². The molecule has 1 fully saturated rings. The second-order valence-electron chi connectivity index (χ2n) is 5.63. The first-order valence-electron chi connectivity index (χ1n) is 7.53. The molecule has 1 aromatic heterocycles. The number of aryl methyl sites for hydroxylation is 1. The molecule has 0 bridgehead atoms. The van der Waals surface area contributed by atoms with E-state index in [9.17, 15) is 4.79 Å². The fourth-order valence-corrected chi connectivity index (χ4v) is 3.01. The molecule has 0 radical (unpaired) electrons. The van der Waals surface area contributed by atoms with Crippen molar-refractivity contribution in [2.45, 2.75) is 32.2 Å². The number of carbonyl (C=O) groups is 1. The van der Waals surface area contributed by atoms with Crippen LogP contribution in [0, 0.1) is 6.92 Å². The predicted molar refractivity (Wildman–Crippen MR) is 81.6 cm³/mol. The van der Waals surface area contributed by atoms with Crippen molar-refractivity contribution in [1.29, 1.82) is 0 Å². The van der Waals surface area contributed by atoms with Crippen LogP contribution in [0.4, 0.5) is 0 Å². The van der Waals surface area contributed by atoms with E-state index < -0.39 is 0 Å². The Kier molecular flexibility index (Phi) is 4.13. The average Bonchev–Trinajstić information content (AvgIpc) is 3.16. The van der Waals surface area contributed by atoms with E-state index in [1.807, 2.05) is 36.1 Å². The first-order valence-corrected chi connectivity index (χ1v) is 7.53. The molecule has 0 N–H and O–H groups in total. The van der Waals surface area contributed by atoms with Crippen molar-refractivity contribution in [3.63, 3.8) is 0 Å². The quantitative estimate of drug-likeness (QED) is 0.871. The van der Waals surface area contributed by atoms with Crippen molar-refractivity contribution < 1.29 is 14.1 Å². The summed E-state index contributed by atoms with van der Waals surface area (Å²) in [6, 6.07) is 9.88. The number of methoxy groups -OCH3 is 1. The van der Waals surface area contributed by atoms with Gasteiger partial charge in [0.1, 0.15) is 11.5 Å². The van der Waals surface area contributed by atoms with E-state index in [-0.39, 0.29) is 18.4 Å². The van der Waals surface area contributed by atoms with Gasteiger partial charge in [-0.2, -0.15) is 0 Å². The minimum atomic E-state index is 0.0847. The molecule has 1 amide bonds. The molecule has 1 aliphatic heterocycles. The third kappa shape index (κ3) is 2.98. The van der Waals surface area contributed by atoms with E-state index in [4.69, 9.17) is 9.26 Å². The molecule has 1 unspecified atom stereocenters. The molecule has 2 heterocycles. The Morgan fingerprint density at radius 3 is 3.05 bits per heavy atom. The number of carbonyl (C=O) groups excluding carboxylic acids is 1. The highest BCUT2D eigenvalue weighted by atomic mass is 16.5. The zero-order valence-corrected chi connectivity index (χ0v) is 12.9. The van der Waals surface area contributed by atoms with Gasteiger partial charge in [0.25, 0.3) is 0 Å². The SMILES string of the molecule is COc1cccc(C2CCCN2C(=O)Cc2cc(C)no2)c1. The minimum Gasteiger partial charge on any atom is -0.497 e. The van der Waals surface area contributed by atoms with Crippen LogP contribution in [0.15, 0.2) is 34.9 Å². The lowest BCUT2D eigenvalue weighted by atomic mass is 10.0. The number of hydrogen-bond donors (Lipinski definition) is 0. The fourth-order valence-electron chi connectivity index (χ4n) is 3.01. The Bertz CT molecular complexity index is 665. The Morgan fingerprint density at radius 1 is 1.45 bits per heavy atom. The van der Waals surface area contributed by atoms with Crippen molar-refractivity contribution >= 4 is 5.91 Å². The molecule has 1 aromatic carbocycles.